The topological polar surface area (TPSA) is 60.2 Å². The van der Waals surface area contributed by atoms with E-state index in [9.17, 15) is 0 Å². The maximum atomic E-state index is 5.57. The number of benzene rings is 1. The predicted octanol–water partition coefficient (Wildman–Crippen LogP) is 1.90. The molecule has 0 fully saturated rings. The smallest absolute Gasteiger partial charge is 0.247 e. The van der Waals surface area contributed by atoms with Gasteiger partial charge in [-0.15, -0.1) is 10.2 Å². The Hall–Kier alpha value is -1.88. The molecular weight excluding hydrogens is 230 g/mol. The first-order valence-electron chi connectivity index (χ1n) is 6.03. The van der Waals surface area contributed by atoms with E-state index < -0.39 is 0 Å². The Morgan fingerprint density at radius 2 is 2.00 bits per heavy atom. The summed E-state index contributed by atoms with van der Waals surface area (Å²) in [4.78, 5) is 0. The zero-order valence-electron chi connectivity index (χ0n) is 10.6. The summed E-state index contributed by atoms with van der Waals surface area (Å²) >= 11 is 0. The van der Waals surface area contributed by atoms with Crippen molar-refractivity contribution < 1.29 is 9.15 Å². The summed E-state index contributed by atoms with van der Waals surface area (Å²) in [6.07, 6.45) is 0.737. The molecule has 18 heavy (non-hydrogen) atoms. The molecule has 96 valence electrons. The van der Waals surface area contributed by atoms with Crippen LogP contribution < -0.4 is 10.1 Å². The predicted molar refractivity (Wildman–Crippen MR) is 68.5 cm³/mol. The third-order valence-corrected chi connectivity index (χ3v) is 2.47. The van der Waals surface area contributed by atoms with Crippen molar-refractivity contribution in [3.8, 4) is 17.2 Å². The Balaban J connectivity index is 2.08. The second kappa shape index (κ2) is 6.16. The molecule has 0 atom stereocenters. The summed E-state index contributed by atoms with van der Waals surface area (Å²) in [6.45, 7) is 3.44. The number of hydrogen-bond donors (Lipinski definition) is 1. The normalized spacial score (nSPS) is 10.6. The lowest BCUT2D eigenvalue weighted by Crippen LogP contribution is -2.10. The highest BCUT2D eigenvalue weighted by Gasteiger charge is 2.08. The number of likely N-dealkylation sites (N-methyl/N-ethyl adjacent to an activating group) is 1. The molecule has 2 aromatic rings. The monoisotopic (exact) mass is 247 g/mol. The summed E-state index contributed by atoms with van der Waals surface area (Å²) in [6, 6.07) is 7.63. The number of nitrogens with one attached hydrogen (secondary N) is 1. The van der Waals surface area contributed by atoms with Crippen molar-refractivity contribution in [1.29, 1.82) is 0 Å². The second-order valence-electron chi connectivity index (χ2n) is 3.81. The molecule has 0 saturated carbocycles. The van der Waals surface area contributed by atoms with Gasteiger partial charge in [-0.3, -0.25) is 0 Å². The van der Waals surface area contributed by atoms with Crippen molar-refractivity contribution in [2.24, 2.45) is 0 Å². The lowest BCUT2D eigenvalue weighted by atomic mass is 10.2. The Labute approximate surface area is 106 Å². The highest BCUT2D eigenvalue weighted by Crippen LogP contribution is 2.21. The van der Waals surface area contributed by atoms with Crippen LogP contribution >= 0.6 is 0 Å². The van der Waals surface area contributed by atoms with Crippen molar-refractivity contribution in [3.05, 3.63) is 30.2 Å². The first-order valence-corrected chi connectivity index (χ1v) is 6.03. The van der Waals surface area contributed by atoms with Crippen molar-refractivity contribution >= 4 is 0 Å². The number of nitrogens with zero attached hydrogens (tertiary/aromatic N) is 2. The van der Waals surface area contributed by atoms with Crippen LogP contribution in [-0.4, -0.2) is 30.4 Å². The van der Waals surface area contributed by atoms with Gasteiger partial charge in [0.1, 0.15) is 5.75 Å². The summed E-state index contributed by atoms with van der Waals surface area (Å²) < 4.78 is 10.9. The molecule has 0 aliphatic rings. The van der Waals surface area contributed by atoms with Crippen LogP contribution in [0.1, 0.15) is 12.8 Å². The Morgan fingerprint density at radius 1 is 1.22 bits per heavy atom. The highest BCUT2D eigenvalue weighted by atomic mass is 16.5. The average molecular weight is 247 g/mol. The van der Waals surface area contributed by atoms with Crippen molar-refractivity contribution in [3.63, 3.8) is 0 Å². The third-order valence-electron chi connectivity index (χ3n) is 2.47. The van der Waals surface area contributed by atoms with E-state index in [0.29, 0.717) is 18.4 Å². The largest absolute Gasteiger partial charge is 0.494 e. The number of rotatable bonds is 6. The first kappa shape index (κ1) is 12.6. The zero-order valence-corrected chi connectivity index (χ0v) is 10.6. The fourth-order valence-corrected chi connectivity index (χ4v) is 1.56. The Morgan fingerprint density at radius 3 is 2.67 bits per heavy atom. The molecule has 0 spiro atoms. The van der Waals surface area contributed by atoms with Gasteiger partial charge in [-0.1, -0.05) is 0 Å². The van der Waals surface area contributed by atoms with Crippen molar-refractivity contribution in [2.75, 3.05) is 20.2 Å². The van der Waals surface area contributed by atoms with Crippen molar-refractivity contribution in [2.45, 2.75) is 13.3 Å². The fourth-order valence-electron chi connectivity index (χ4n) is 1.56. The quantitative estimate of drug-likeness (QED) is 0.844. The maximum Gasteiger partial charge on any atom is 0.247 e. The van der Waals surface area contributed by atoms with E-state index in [1.165, 1.54) is 0 Å². The van der Waals surface area contributed by atoms with Crippen LogP contribution in [0.4, 0.5) is 0 Å². The lowest BCUT2D eigenvalue weighted by Gasteiger charge is -2.02. The number of aromatic nitrogens is 2. The molecule has 5 heteroatoms. The summed E-state index contributed by atoms with van der Waals surface area (Å²) in [5.41, 5.74) is 0.904. The van der Waals surface area contributed by atoms with E-state index in [0.717, 1.165) is 24.3 Å². The van der Waals surface area contributed by atoms with Crippen LogP contribution in [0.25, 0.3) is 11.5 Å². The Bertz CT molecular complexity index is 479. The number of ether oxygens (including phenoxy) is 1. The molecule has 0 unspecified atom stereocenters. The van der Waals surface area contributed by atoms with Crippen LogP contribution in [0.3, 0.4) is 0 Å². The van der Waals surface area contributed by atoms with E-state index in [2.05, 4.69) is 15.5 Å². The van der Waals surface area contributed by atoms with Crippen molar-refractivity contribution in [1.82, 2.24) is 15.5 Å². The van der Waals surface area contributed by atoms with Crippen LogP contribution in [0, 0.1) is 0 Å². The van der Waals surface area contributed by atoms with Gasteiger partial charge < -0.3 is 14.5 Å². The Kier molecular flexibility index (Phi) is 4.30. The van der Waals surface area contributed by atoms with E-state index in [-0.39, 0.29) is 0 Å². The SMILES string of the molecule is CCOc1ccc(-c2nnc(CCNC)o2)cc1. The molecule has 1 aromatic heterocycles. The molecule has 1 N–H and O–H groups in total. The van der Waals surface area contributed by atoms with Gasteiger partial charge in [0.15, 0.2) is 0 Å². The minimum absolute atomic E-state index is 0.546. The van der Waals surface area contributed by atoms with E-state index in [4.69, 9.17) is 9.15 Å². The second-order valence-corrected chi connectivity index (χ2v) is 3.81. The molecule has 1 aromatic carbocycles. The minimum Gasteiger partial charge on any atom is -0.494 e. The van der Waals surface area contributed by atoms with Gasteiger partial charge in [0.25, 0.3) is 0 Å². The first-order chi connectivity index (χ1) is 8.83. The summed E-state index contributed by atoms with van der Waals surface area (Å²) in [5, 5.41) is 11.1. The molecule has 0 amide bonds. The highest BCUT2D eigenvalue weighted by molar-refractivity contribution is 5.53. The molecule has 0 aliphatic heterocycles. The van der Waals surface area contributed by atoms with Crippen LogP contribution in [-0.2, 0) is 6.42 Å². The van der Waals surface area contributed by atoms with E-state index in [1.807, 2.05) is 38.2 Å². The number of hydrogen-bond acceptors (Lipinski definition) is 5. The molecule has 5 nitrogen and oxygen atoms in total. The molecule has 0 radical (unpaired) electrons. The minimum atomic E-state index is 0.546. The summed E-state index contributed by atoms with van der Waals surface area (Å²) in [5.74, 6) is 2.04. The van der Waals surface area contributed by atoms with Gasteiger partial charge in [0.2, 0.25) is 11.8 Å². The lowest BCUT2D eigenvalue weighted by molar-refractivity contribution is 0.340. The maximum absolute atomic E-state index is 5.57. The molecule has 0 bridgehead atoms. The molecule has 0 aliphatic carbocycles. The van der Waals surface area contributed by atoms with Gasteiger partial charge in [-0.05, 0) is 38.2 Å². The van der Waals surface area contributed by atoms with Gasteiger partial charge in [-0.2, -0.15) is 0 Å². The van der Waals surface area contributed by atoms with Gasteiger partial charge >= 0.3 is 0 Å². The fraction of sp³-hybridized carbons (Fsp3) is 0.385. The molecular formula is C13H17N3O2. The van der Waals surface area contributed by atoms with E-state index in [1.54, 1.807) is 0 Å². The van der Waals surface area contributed by atoms with Crippen LogP contribution in [0.2, 0.25) is 0 Å². The molecule has 0 saturated heterocycles. The van der Waals surface area contributed by atoms with Gasteiger partial charge in [0.05, 0.1) is 6.61 Å². The summed E-state index contributed by atoms with van der Waals surface area (Å²) in [7, 11) is 1.89. The molecule has 1 heterocycles. The van der Waals surface area contributed by atoms with E-state index >= 15 is 0 Å². The van der Waals surface area contributed by atoms with Gasteiger partial charge in [-0.25, -0.2) is 0 Å². The molecule has 2 rings (SSSR count). The standard InChI is InChI=1S/C13H17N3O2/c1-3-17-11-6-4-10(5-7-11)13-16-15-12(18-13)8-9-14-2/h4-7,14H,3,8-9H2,1-2H3. The van der Waals surface area contributed by atoms with Crippen LogP contribution in [0.5, 0.6) is 5.75 Å². The van der Waals surface area contributed by atoms with Crippen LogP contribution in [0.15, 0.2) is 28.7 Å². The average Bonchev–Trinajstić information content (AvgIpc) is 2.86. The zero-order chi connectivity index (χ0) is 12.8. The third kappa shape index (κ3) is 3.07. The van der Waals surface area contributed by atoms with Gasteiger partial charge in [0, 0.05) is 18.5 Å².